The Morgan fingerprint density at radius 3 is 2.71 bits per heavy atom. The first-order valence-corrected chi connectivity index (χ1v) is 4.92. The fourth-order valence-electron chi connectivity index (χ4n) is 1.88. The molecule has 2 heteroatoms. The van der Waals surface area contributed by atoms with Crippen molar-refractivity contribution in [2.45, 2.75) is 25.7 Å². The van der Waals surface area contributed by atoms with E-state index in [1.54, 1.807) is 0 Å². The molecule has 0 aromatic heterocycles. The van der Waals surface area contributed by atoms with E-state index >= 15 is 0 Å². The van der Waals surface area contributed by atoms with Crippen LogP contribution in [-0.2, 0) is 4.74 Å². The normalized spacial score (nSPS) is 15.3. The summed E-state index contributed by atoms with van der Waals surface area (Å²) < 4.78 is 4.77. The van der Waals surface area contributed by atoms with Crippen LogP contribution < -0.4 is 0 Å². The van der Waals surface area contributed by atoms with Crippen molar-refractivity contribution in [2.24, 2.45) is 0 Å². The van der Waals surface area contributed by atoms with E-state index in [-0.39, 0.29) is 5.97 Å². The van der Waals surface area contributed by atoms with Crippen LogP contribution in [0.1, 0.15) is 40.2 Å². The largest absolute Gasteiger partial charge is 0.465 e. The van der Waals surface area contributed by atoms with Crippen LogP contribution in [0.25, 0.3) is 0 Å². The number of methoxy groups -OCH3 is 1. The highest BCUT2D eigenvalue weighted by molar-refractivity contribution is 5.91. The molecule has 0 N–H and O–H groups in total. The van der Waals surface area contributed by atoms with Crippen molar-refractivity contribution in [3.8, 4) is 0 Å². The van der Waals surface area contributed by atoms with Gasteiger partial charge in [-0.3, -0.25) is 0 Å². The molecule has 2 nitrogen and oxygen atoms in total. The summed E-state index contributed by atoms with van der Waals surface area (Å²) in [6, 6.07) is 5.82. The second-order valence-electron chi connectivity index (χ2n) is 3.80. The quantitative estimate of drug-likeness (QED) is 0.670. The summed E-state index contributed by atoms with van der Waals surface area (Å²) >= 11 is 0. The molecule has 14 heavy (non-hydrogen) atoms. The van der Waals surface area contributed by atoms with Crippen molar-refractivity contribution >= 4 is 5.97 Å². The van der Waals surface area contributed by atoms with Gasteiger partial charge in [0.05, 0.1) is 12.7 Å². The Morgan fingerprint density at radius 1 is 1.43 bits per heavy atom. The van der Waals surface area contributed by atoms with E-state index < -0.39 is 0 Å². The van der Waals surface area contributed by atoms with Gasteiger partial charge in [0.1, 0.15) is 0 Å². The third kappa shape index (κ3) is 1.52. The number of rotatable bonds is 2. The Kier molecular flexibility index (Phi) is 2.28. The first-order valence-electron chi connectivity index (χ1n) is 4.92. The first kappa shape index (κ1) is 9.25. The van der Waals surface area contributed by atoms with E-state index in [1.165, 1.54) is 31.1 Å². The molecule has 0 spiro atoms. The Balaban J connectivity index is 2.47. The van der Waals surface area contributed by atoms with E-state index in [0.29, 0.717) is 5.92 Å². The number of hydrogen-bond donors (Lipinski definition) is 0. The summed E-state index contributed by atoms with van der Waals surface area (Å²) in [5.74, 6) is 0.376. The first-order chi connectivity index (χ1) is 6.74. The van der Waals surface area contributed by atoms with Gasteiger partial charge in [-0.05, 0) is 42.9 Å². The maximum atomic E-state index is 11.5. The maximum absolute atomic E-state index is 11.5. The highest BCUT2D eigenvalue weighted by atomic mass is 16.5. The number of carbonyl (C=O) groups excluding carboxylic acids is 1. The number of esters is 1. The van der Waals surface area contributed by atoms with Crippen LogP contribution in [0.4, 0.5) is 0 Å². The average molecular weight is 190 g/mol. The molecule has 0 amide bonds. The van der Waals surface area contributed by atoms with Gasteiger partial charge in [0, 0.05) is 0 Å². The standard InChI is InChI=1S/C12H14O2/c1-8-4-3-5-10(12(13)14-2)11(8)9-6-7-9/h3-5,9H,6-7H2,1-2H3. The molecule has 1 saturated carbocycles. The van der Waals surface area contributed by atoms with Crippen molar-refractivity contribution < 1.29 is 9.53 Å². The number of aryl methyl sites for hydroxylation is 1. The lowest BCUT2D eigenvalue weighted by atomic mass is 9.98. The van der Waals surface area contributed by atoms with Gasteiger partial charge >= 0.3 is 5.97 Å². The monoisotopic (exact) mass is 190 g/mol. The highest BCUT2D eigenvalue weighted by Gasteiger charge is 2.29. The Hall–Kier alpha value is -1.31. The molecule has 0 heterocycles. The molecule has 0 unspecified atom stereocenters. The molecular weight excluding hydrogens is 176 g/mol. The van der Waals surface area contributed by atoms with Gasteiger partial charge in [-0.25, -0.2) is 4.79 Å². The van der Waals surface area contributed by atoms with E-state index in [2.05, 4.69) is 13.0 Å². The summed E-state index contributed by atoms with van der Waals surface area (Å²) in [6.45, 7) is 2.06. The molecule has 1 aliphatic carbocycles. The zero-order chi connectivity index (χ0) is 10.1. The van der Waals surface area contributed by atoms with Crippen LogP contribution in [-0.4, -0.2) is 13.1 Å². The van der Waals surface area contributed by atoms with Gasteiger partial charge in [0.15, 0.2) is 0 Å². The molecule has 0 atom stereocenters. The SMILES string of the molecule is COC(=O)c1cccc(C)c1C1CC1. The fourth-order valence-corrected chi connectivity index (χ4v) is 1.88. The minimum atomic E-state index is -0.212. The summed E-state index contributed by atoms with van der Waals surface area (Å²) in [4.78, 5) is 11.5. The second-order valence-corrected chi connectivity index (χ2v) is 3.80. The molecule has 0 radical (unpaired) electrons. The van der Waals surface area contributed by atoms with Gasteiger partial charge in [0.25, 0.3) is 0 Å². The predicted octanol–water partition coefficient (Wildman–Crippen LogP) is 2.66. The van der Waals surface area contributed by atoms with Crippen molar-refractivity contribution in [2.75, 3.05) is 7.11 Å². The van der Waals surface area contributed by atoms with Crippen molar-refractivity contribution in [3.63, 3.8) is 0 Å². The zero-order valence-electron chi connectivity index (χ0n) is 8.54. The van der Waals surface area contributed by atoms with Crippen LogP contribution in [0.5, 0.6) is 0 Å². The van der Waals surface area contributed by atoms with Crippen LogP contribution in [0, 0.1) is 6.92 Å². The minimum absolute atomic E-state index is 0.212. The lowest BCUT2D eigenvalue weighted by molar-refractivity contribution is 0.0599. The van der Waals surface area contributed by atoms with Crippen LogP contribution >= 0.6 is 0 Å². The third-order valence-corrected chi connectivity index (χ3v) is 2.72. The van der Waals surface area contributed by atoms with Crippen LogP contribution in [0.3, 0.4) is 0 Å². The van der Waals surface area contributed by atoms with Gasteiger partial charge < -0.3 is 4.74 Å². The maximum Gasteiger partial charge on any atom is 0.338 e. The smallest absolute Gasteiger partial charge is 0.338 e. The Labute approximate surface area is 83.9 Å². The number of carbonyl (C=O) groups is 1. The van der Waals surface area contributed by atoms with Crippen LogP contribution in [0.2, 0.25) is 0 Å². The van der Waals surface area contributed by atoms with Gasteiger partial charge in [0.2, 0.25) is 0 Å². The van der Waals surface area contributed by atoms with Crippen molar-refractivity contribution in [3.05, 3.63) is 34.9 Å². The third-order valence-electron chi connectivity index (χ3n) is 2.72. The molecule has 1 aromatic carbocycles. The molecule has 74 valence electrons. The Morgan fingerprint density at radius 2 is 2.14 bits per heavy atom. The Bertz CT molecular complexity index is 365. The molecule has 1 aliphatic rings. The molecule has 1 aromatic rings. The number of benzene rings is 1. The van der Waals surface area contributed by atoms with Crippen LogP contribution in [0.15, 0.2) is 18.2 Å². The number of ether oxygens (including phenoxy) is 1. The van der Waals surface area contributed by atoms with Gasteiger partial charge in [-0.2, -0.15) is 0 Å². The summed E-state index contributed by atoms with van der Waals surface area (Å²) in [6.07, 6.45) is 2.41. The topological polar surface area (TPSA) is 26.3 Å². The predicted molar refractivity (Wildman–Crippen MR) is 54.5 cm³/mol. The van der Waals surface area contributed by atoms with Crippen molar-refractivity contribution in [1.29, 1.82) is 0 Å². The summed E-state index contributed by atoms with van der Waals surface area (Å²) in [5.41, 5.74) is 3.14. The van der Waals surface area contributed by atoms with Gasteiger partial charge in [-0.1, -0.05) is 12.1 Å². The molecule has 1 fully saturated rings. The molecule has 0 aliphatic heterocycles. The zero-order valence-corrected chi connectivity index (χ0v) is 8.54. The summed E-state index contributed by atoms with van der Waals surface area (Å²) in [7, 11) is 1.43. The van der Waals surface area contributed by atoms with E-state index in [0.717, 1.165) is 5.56 Å². The molecule has 0 bridgehead atoms. The molecule has 2 rings (SSSR count). The average Bonchev–Trinajstić information content (AvgIpc) is 3.00. The van der Waals surface area contributed by atoms with Crippen molar-refractivity contribution in [1.82, 2.24) is 0 Å². The lowest BCUT2D eigenvalue weighted by Crippen LogP contribution is -2.06. The van der Waals surface area contributed by atoms with E-state index in [9.17, 15) is 4.79 Å². The summed E-state index contributed by atoms with van der Waals surface area (Å²) in [5, 5.41) is 0. The van der Waals surface area contributed by atoms with E-state index in [4.69, 9.17) is 4.74 Å². The number of hydrogen-bond acceptors (Lipinski definition) is 2. The molecule has 0 saturated heterocycles. The second kappa shape index (κ2) is 3.45. The highest BCUT2D eigenvalue weighted by Crippen LogP contribution is 2.43. The lowest BCUT2D eigenvalue weighted by Gasteiger charge is -2.09. The fraction of sp³-hybridized carbons (Fsp3) is 0.417. The van der Waals surface area contributed by atoms with Gasteiger partial charge in [-0.15, -0.1) is 0 Å². The van der Waals surface area contributed by atoms with E-state index in [1.807, 2.05) is 12.1 Å². The minimum Gasteiger partial charge on any atom is -0.465 e. The molecular formula is C12H14O2.